The number of rotatable bonds is 5. The van der Waals surface area contributed by atoms with Crippen molar-refractivity contribution >= 4 is 22.5 Å². The number of hydrogen-bond donors (Lipinski definition) is 2. The smallest absolute Gasteiger partial charge is 0.119 e. The maximum atomic E-state index is 9.64. The predicted octanol–water partition coefficient (Wildman–Crippen LogP) is 5.44. The van der Waals surface area contributed by atoms with Crippen molar-refractivity contribution in [1.82, 2.24) is 4.98 Å². The van der Waals surface area contributed by atoms with Crippen molar-refractivity contribution in [2.24, 2.45) is 0 Å². The SMILES string of the molecule is CCC(O)COc1ccc(C2CCCc3c2[nH]c2ccc(Cl)cc32)cc1. The first kappa shape index (κ1) is 17.4. The van der Waals surface area contributed by atoms with Crippen molar-refractivity contribution in [3.8, 4) is 5.75 Å². The number of aliphatic hydroxyl groups is 1. The Bertz CT molecular complexity index is 900. The zero-order valence-corrected chi connectivity index (χ0v) is 15.7. The molecule has 4 rings (SSSR count). The molecule has 26 heavy (non-hydrogen) atoms. The third-order valence-electron chi connectivity index (χ3n) is 5.37. The zero-order valence-electron chi connectivity index (χ0n) is 15.0. The summed E-state index contributed by atoms with van der Waals surface area (Å²) < 4.78 is 5.66. The Morgan fingerprint density at radius 3 is 2.81 bits per heavy atom. The molecule has 0 saturated carbocycles. The van der Waals surface area contributed by atoms with Crippen LogP contribution in [0.2, 0.25) is 5.02 Å². The van der Waals surface area contributed by atoms with Crippen LogP contribution in [0.1, 0.15) is 48.9 Å². The fourth-order valence-corrected chi connectivity index (χ4v) is 4.05. The lowest BCUT2D eigenvalue weighted by molar-refractivity contribution is 0.104. The summed E-state index contributed by atoms with van der Waals surface area (Å²) in [7, 11) is 0. The highest BCUT2D eigenvalue weighted by Gasteiger charge is 2.25. The molecule has 4 heteroatoms. The minimum atomic E-state index is -0.409. The molecule has 0 bridgehead atoms. The second kappa shape index (κ2) is 7.34. The van der Waals surface area contributed by atoms with Gasteiger partial charge in [0.15, 0.2) is 0 Å². The van der Waals surface area contributed by atoms with E-state index in [0.717, 1.165) is 23.6 Å². The maximum absolute atomic E-state index is 9.64. The molecule has 3 nitrogen and oxygen atoms in total. The molecule has 1 aliphatic rings. The summed E-state index contributed by atoms with van der Waals surface area (Å²) in [6.45, 7) is 2.29. The van der Waals surface area contributed by atoms with Crippen molar-refractivity contribution in [2.45, 2.75) is 44.6 Å². The van der Waals surface area contributed by atoms with Crippen molar-refractivity contribution < 1.29 is 9.84 Å². The number of benzene rings is 2. The minimum Gasteiger partial charge on any atom is -0.491 e. The standard InChI is InChI=1S/C22H24ClNO2/c1-2-16(25)13-26-17-9-6-14(7-10-17)18-4-3-5-19-20-12-15(23)8-11-21(20)24-22(18)19/h6-12,16,18,24-25H,2-5,13H2,1H3. The van der Waals surface area contributed by atoms with Gasteiger partial charge in [-0.15, -0.1) is 0 Å². The van der Waals surface area contributed by atoms with Crippen LogP contribution in [0.25, 0.3) is 10.9 Å². The van der Waals surface area contributed by atoms with E-state index in [1.807, 2.05) is 25.1 Å². The average Bonchev–Trinajstić information content (AvgIpc) is 3.04. The van der Waals surface area contributed by atoms with Crippen LogP contribution in [0.5, 0.6) is 5.75 Å². The van der Waals surface area contributed by atoms with E-state index in [9.17, 15) is 5.11 Å². The number of hydrogen-bond acceptors (Lipinski definition) is 2. The average molecular weight is 370 g/mol. The summed E-state index contributed by atoms with van der Waals surface area (Å²) in [5.74, 6) is 1.18. The monoisotopic (exact) mass is 369 g/mol. The molecule has 2 atom stereocenters. The van der Waals surface area contributed by atoms with Crippen LogP contribution >= 0.6 is 11.6 Å². The lowest BCUT2D eigenvalue weighted by Crippen LogP contribution is -2.16. The molecule has 0 radical (unpaired) electrons. The Kier molecular flexibility index (Phi) is 4.92. The van der Waals surface area contributed by atoms with Gasteiger partial charge in [0.2, 0.25) is 0 Å². The summed E-state index contributed by atoms with van der Waals surface area (Å²) in [5, 5.41) is 11.7. The van der Waals surface area contributed by atoms with Crippen molar-refractivity contribution in [3.63, 3.8) is 0 Å². The van der Waals surface area contributed by atoms with E-state index in [4.69, 9.17) is 16.3 Å². The Morgan fingerprint density at radius 1 is 1.23 bits per heavy atom. The van der Waals surface area contributed by atoms with Crippen molar-refractivity contribution in [3.05, 3.63) is 64.3 Å². The van der Waals surface area contributed by atoms with Gasteiger partial charge >= 0.3 is 0 Å². The largest absolute Gasteiger partial charge is 0.491 e. The molecule has 0 amide bonds. The summed E-state index contributed by atoms with van der Waals surface area (Å²) in [6, 6.07) is 14.4. The Morgan fingerprint density at radius 2 is 2.04 bits per heavy atom. The molecular weight excluding hydrogens is 346 g/mol. The third-order valence-corrected chi connectivity index (χ3v) is 5.60. The highest BCUT2D eigenvalue weighted by Crippen LogP contribution is 2.40. The number of aliphatic hydroxyl groups excluding tert-OH is 1. The summed E-state index contributed by atoms with van der Waals surface area (Å²) in [4.78, 5) is 3.63. The normalized spacial score (nSPS) is 17.9. The van der Waals surface area contributed by atoms with Crippen molar-refractivity contribution in [2.75, 3.05) is 6.61 Å². The zero-order chi connectivity index (χ0) is 18.1. The fourth-order valence-electron chi connectivity index (χ4n) is 3.87. The predicted molar refractivity (Wildman–Crippen MR) is 106 cm³/mol. The van der Waals surface area contributed by atoms with E-state index < -0.39 is 6.10 Å². The number of fused-ring (bicyclic) bond motifs is 3. The molecule has 1 aliphatic carbocycles. The van der Waals surface area contributed by atoms with E-state index in [1.54, 1.807) is 0 Å². The van der Waals surface area contributed by atoms with Crippen molar-refractivity contribution in [1.29, 1.82) is 0 Å². The van der Waals surface area contributed by atoms with Gasteiger partial charge in [0.1, 0.15) is 12.4 Å². The second-order valence-electron chi connectivity index (χ2n) is 7.09. The quantitative estimate of drug-likeness (QED) is 0.629. The molecular formula is C22H24ClNO2. The van der Waals surface area contributed by atoms with E-state index in [-0.39, 0.29) is 0 Å². The number of ether oxygens (including phenoxy) is 1. The number of halogens is 1. The first-order valence-corrected chi connectivity index (χ1v) is 9.74. The highest BCUT2D eigenvalue weighted by atomic mass is 35.5. The van der Waals surface area contributed by atoms with Crippen LogP contribution in [-0.4, -0.2) is 22.8 Å². The molecule has 2 aromatic carbocycles. The number of aryl methyl sites for hydroxylation is 1. The molecule has 0 saturated heterocycles. The third kappa shape index (κ3) is 3.34. The first-order valence-electron chi connectivity index (χ1n) is 9.36. The number of aromatic amines is 1. The van der Waals surface area contributed by atoms with E-state index in [0.29, 0.717) is 18.9 Å². The van der Waals surface area contributed by atoms with Gasteiger partial charge in [-0.1, -0.05) is 30.7 Å². The van der Waals surface area contributed by atoms with E-state index in [1.165, 1.54) is 34.1 Å². The van der Waals surface area contributed by atoms with E-state index >= 15 is 0 Å². The van der Waals surface area contributed by atoms with Gasteiger partial charge in [-0.2, -0.15) is 0 Å². The molecule has 0 spiro atoms. The lowest BCUT2D eigenvalue weighted by atomic mass is 9.82. The topological polar surface area (TPSA) is 45.2 Å². The molecule has 136 valence electrons. The molecule has 1 heterocycles. The minimum absolute atomic E-state index is 0.339. The Balaban J connectivity index is 1.60. The molecule has 1 aromatic heterocycles. The van der Waals surface area contributed by atoms with Gasteiger partial charge < -0.3 is 14.8 Å². The molecule has 0 aliphatic heterocycles. The van der Waals surface area contributed by atoms with Crippen LogP contribution in [0.4, 0.5) is 0 Å². The van der Waals surface area contributed by atoms with Gasteiger partial charge in [-0.3, -0.25) is 0 Å². The van der Waals surface area contributed by atoms with Gasteiger partial charge in [0.25, 0.3) is 0 Å². The number of H-pyrrole nitrogens is 1. The second-order valence-corrected chi connectivity index (χ2v) is 7.53. The first-order chi connectivity index (χ1) is 12.7. The molecule has 3 aromatic rings. The van der Waals surface area contributed by atoms with Crippen LogP contribution < -0.4 is 4.74 Å². The van der Waals surface area contributed by atoms with Gasteiger partial charge in [0, 0.05) is 27.5 Å². The maximum Gasteiger partial charge on any atom is 0.119 e. The number of aromatic nitrogens is 1. The number of nitrogens with one attached hydrogen (secondary N) is 1. The molecule has 2 N–H and O–H groups in total. The fraction of sp³-hybridized carbons (Fsp3) is 0.364. The Labute approximate surface area is 159 Å². The molecule has 2 unspecified atom stereocenters. The van der Waals surface area contributed by atoms with Crippen LogP contribution in [0.3, 0.4) is 0 Å². The summed E-state index contributed by atoms with van der Waals surface area (Å²) in [6.07, 6.45) is 3.71. The van der Waals surface area contributed by atoms with Gasteiger partial charge in [-0.05, 0) is 67.1 Å². The Hall–Kier alpha value is -1.97. The lowest BCUT2D eigenvalue weighted by Gasteiger charge is -2.23. The van der Waals surface area contributed by atoms with Crippen LogP contribution in [-0.2, 0) is 6.42 Å². The van der Waals surface area contributed by atoms with Crippen LogP contribution in [0.15, 0.2) is 42.5 Å². The highest BCUT2D eigenvalue weighted by molar-refractivity contribution is 6.31. The van der Waals surface area contributed by atoms with E-state index in [2.05, 4.69) is 29.2 Å². The molecule has 0 fully saturated rings. The summed E-state index contributed by atoms with van der Waals surface area (Å²) >= 11 is 6.21. The summed E-state index contributed by atoms with van der Waals surface area (Å²) in [5.41, 5.74) is 5.19. The van der Waals surface area contributed by atoms with Gasteiger partial charge in [0.05, 0.1) is 6.10 Å². The van der Waals surface area contributed by atoms with Crippen LogP contribution in [0, 0.1) is 0 Å². The van der Waals surface area contributed by atoms with Gasteiger partial charge in [-0.25, -0.2) is 0 Å².